The Morgan fingerprint density at radius 2 is 2.00 bits per heavy atom. The fraction of sp³-hybridized carbons (Fsp3) is 1.00. The molecule has 0 radical (unpaired) electrons. The molecule has 4 nitrogen and oxygen atoms in total. The molecule has 0 saturated carbocycles. The van der Waals surface area contributed by atoms with Gasteiger partial charge in [0.15, 0.2) is 0 Å². The van der Waals surface area contributed by atoms with Crippen LogP contribution in [0.25, 0.3) is 0 Å². The van der Waals surface area contributed by atoms with Crippen molar-refractivity contribution in [3.63, 3.8) is 0 Å². The number of hydroxylamine groups is 1. The minimum atomic E-state index is -2.74. The average Bonchev–Trinajstić information content (AvgIpc) is 1.61. The maximum Gasteiger partial charge on any atom is 0.273 e. The molecular formula is C3H9NO3S. The molecule has 5 heteroatoms. The maximum atomic E-state index is 9.66. The second-order valence-corrected chi connectivity index (χ2v) is 2.22. The Hall–Kier alpha value is -0.130. The van der Waals surface area contributed by atoms with Crippen molar-refractivity contribution >= 4 is 11.0 Å². The predicted molar refractivity (Wildman–Crippen MR) is 29.7 cm³/mol. The van der Waals surface area contributed by atoms with Crippen LogP contribution in [0.5, 0.6) is 0 Å². The summed E-state index contributed by atoms with van der Waals surface area (Å²) in [6, 6.07) is 0.0305. The van der Waals surface area contributed by atoms with E-state index in [1.807, 2.05) is 0 Å². The van der Waals surface area contributed by atoms with Crippen LogP contribution in [0.2, 0.25) is 0 Å². The minimum Gasteiger partial charge on any atom is -0.201 e. The van der Waals surface area contributed by atoms with Crippen LogP contribution in [-0.4, -0.2) is 14.5 Å². The lowest BCUT2D eigenvalue weighted by Crippen LogP contribution is -2.21. The monoisotopic (exact) mass is 139 g/mol. The topological polar surface area (TPSA) is 55.4 Å². The molecule has 0 rings (SSSR count). The van der Waals surface area contributed by atoms with E-state index in [0.717, 1.165) is 0 Å². The fourth-order valence-electron chi connectivity index (χ4n) is 0.148. The van der Waals surface area contributed by atoms with E-state index in [2.05, 4.69) is 9.76 Å². The normalized spacial score (nSPS) is 11.0. The third kappa shape index (κ3) is 5.87. The van der Waals surface area contributed by atoms with Gasteiger partial charge in [-0.15, -0.1) is 0 Å². The van der Waals surface area contributed by atoms with Crippen LogP contribution in [0, 0.1) is 0 Å². The van der Waals surface area contributed by atoms with Crippen LogP contribution < -0.4 is 5.48 Å². The number of hydrogen-bond acceptors (Lipinski definition) is 4. The van der Waals surface area contributed by atoms with Crippen LogP contribution in [0.4, 0.5) is 0 Å². The van der Waals surface area contributed by atoms with Crippen molar-refractivity contribution in [3.05, 3.63) is 0 Å². The first-order valence-corrected chi connectivity index (χ1v) is 3.29. The molecule has 0 atom stereocenters. The molecular weight excluding hydrogens is 130 g/mol. The molecule has 0 bridgehead atoms. The Bertz CT molecular complexity index is 112. The Labute approximate surface area is 50.0 Å². The van der Waals surface area contributed by atoms with Gasteiger partial charge in [0, 0.05) is 6.04 Å². The zero-order chi connectivity index (χ0) is 6.57. The number of hydrogen-bond donors (Lipinski definition) is 2. The lowest BCUT2D eigenvalue weighted by Gasteiger charge is -2.00. The van der Waals surface area contributed by atoms with Gasteiger partial charge in [-0.25, -0.2) is 8.42 Å². The van der Waals surface area contributed by atoms with Crippen LogP contribution in [0.3, 0.4) is 0 Å². The third-order valence-electron chi connectivity index (χ3n) is 0.363. The molecule has 0 unspecified atom stereocenters. The van der Waals surface area contributed by atoms with E-state index in [9.17, 15) is 8.42 Å². The minimum absolute atomic E-state index is 0.0305. The highest BCUT2D eigenvalue weighted by atomic mass is 32.2. The summed E-state index contributed by atoms with van der Waals surface area (Å²) in [5, 5.41) is 0. The summed E-state index contributed by atoms with van der Waals surface area (Å²) >= 11 is 0. The van der Waals surface area contributed by atoms with Crippen molar-refractivity contribution in [1.82, 2.24) is 5.48 Å². The molecule has 0 heterocycles. The molecule has 1 N–H and O–H groups in total. The molecule has 0 saturated heterocycles. The van der Waals surface area contributed by atoms with Gasteiger partial charge < -0.3 is 0 Å². The summed E-state index contributed by atoms with van der Waals surface area (Å²) in [5.74, 6) is 0. The molecule has 0 aromatic heterocycles. The second-order valence-electron chi connectivity index (χ2n) is 1.59. The first-order valence-electron chi connectivity index (χ1n) is 2.20. The van der Waals surface area contributed by atoms with Gasteiger partial charge in [-0.1, -0.05) is 0 Å². The lowest BCUT2D eigenvalue weighted by atomic mass is 10.4. The average molecular weight is 139 g/mol. The standard InChI is InChI=1S/C3H9NO3S/c1-3(2)4-7-8(5)6/h3-4,8H,1-2H3. The van der Waals surface area contributed by atoms with E-state index in [1.54, 1.807) is 13.8 Å². The van der Waals surface area contributed by atoms with Crippen molar-refractivity contribution in [2.45, 2.75) is 19.9 Å². The molecule has 0 aliphatic carbocycles. The zero-order valence-electron chi connectivity index (χ0n) is 4.75. The molecule has 0 spiro atoms. The van der Waals surface area contributed by atoms with Gasteiger partial charge in [-0.3, -0.25) is 0 Å². The van der Waals surface area contributed by atoms with Crippen molar-refractivity contribution in [2.75, 3.05) is 0 Å². The van der Waals surface area contributed by atoms with E-state index in [0.29, 0.717) is 0 Å². The van der Waals surface area contributed by atoms with Crippen LogP contribution in [-0.2, 0) is 15.3 Å². The Morgan fingerprint density at radius 1 is 1.50 bits per heavy atom. The molecule has 8 heavy (non-hydrogen) atoms. The molecule has 0 aromatic rings. The summed E-state index contributed by atoms with van der Waals surface area (Å²) in [5.41, 5.74) is 2.25. The first kappa shape index (κ1) is 7.87. The van der Waals surface area contributed by atoms with Gasteiger partial charge in [0.05, 0.1) is 0 Å². The number of nitrogens with one attached hydrogen (secondary N) is 1. The van der Waals surface area contributed by atoms with Crippen molar-refractivity contribution < 1.29 is 12.7 Å². The lowest BCUT2D eigenvalue weighted by molar-refractivity contribution is 0.186. The SMILES string of the molecule is CC(C)NO[SH](=O)=O. The van der Waals surface area contributed by atoms with E-state index in [4.69, 9.17) is 0 Å². The Balaban J connectivity index is 3.18. The quantitative estimate of drug-likeness (QED) is 0.406. The predicted octanol–water partition coefficient (Wildman–Crippen LogP) is -0.558. The molecule has 0 amide bonds. The third-order valence-corrected chi connectivity index (χ3v) is 0.617. The number of thiol groups is 1. The van der Waals surface area contributed by atoms with Crippen LogP contribution in [0.15, 0.2) is 0 Å². The molecule has 0 aliphatic heterocycles. The van der Waals surface area contributed by atoms with Gasteiger partial charge in [0.1, 0.15) is 0 Å². The summed E-state index contributed by atoms with van der Waals surface area (Å²) in [7, 11) is -2.74. The highest BCUT2D eigenvalue weighted by Crippen LogP contribution is 1.74. The smallest absolute Gasteiger partial charge is 0.201 e. The largest absolute Gasteiger partial charge is 0.273 e. The van der Waals surface area contributed by atoms with E-state index >= 15 is 0 Å². The summed E-state index contributed by atoms with van der Waals surface area (Å²) < 4.78 is 23.3. The Kier molecular flexibility index (Phi) is 3.76. The van der Waals surface area contributed by atoms with Gasteiger partial charge >= 0.3 is 0 Å². The van der Waals surface area contributed by atoms with Gasteiger partial charge in [-0.05, 0) is 13.8 Å². The summed E-state index contributed by atoms with van der Waals surface area (Å²) in [6.07, 6.45) is 0. The van der Waals surface area contributed by atoms with Crippen LogP contribution >= 0.6 is 0 Å². The highest BCUT2D eigenvalue weighted by Gasteiger charge is 1.89. The maximum absolute atomic E-state index is 9.66. The molecule has 0 aromatic carbocycles. The second kappa shape index (κ2) is 3.82. The van der Waals surface area contributed by atoms with Gasteiger partial charge in [0.2, 0.25) is 0 Å². The number of rotatable bonds is 3. The van der Waals surface area contributed by atoms with Crippen molar-refractivity contribution in [1.29, 1.82) is 0 Å². The molecule has 0 aliphatic rings. The Morgan fingerprint density at radius 3 is 2.12 bits per heavy atom. The zero-order valence-corrected chi connectivity index (χ0v) is 5.64. The molecule has 50 valence electrons. The summed E-state index contributed by atoms with van der Waals surface area (Å²) in [6.45, 7) is 3.55. The van der Waals surface area contributed by atoms with Gasteiger partial charge in [-0.2, -0.15) is 9.76 Å². The first-order chi connectivity index (χ1) is 3.63. The van der Waals surface area contributed by atoms with Crippen LogP contribution in [0.1, 0.15) is 13.8 Å². The highest BCUT2D eigenvalue weighted by molar-refractivity contribution is 7.67. The van der Waals surface area contributed by atoms with Crippen molar-refractivity contribution in [3.8, 4) is 0 Å². The van der Waals surface area contributed by atoms with E-state index in [-0.39, 0.29) is 6.04 Å². The fourth-order valence-corrected chi connectivity index (χ4v) is 0.445. The summed E-state index contributed by atoms with van der Waals surface area (Å²) in [4.78, 5) is 0. The van der Waals surface area contributed by atoms with E-state index in [1.165, 1.54) is 0 Å². The van der Waals surface area contributed by atoms with Gasteiger partial charge in [0.25, 0.3) is 11.0 Å². The van der Waals surface area contributed by atoms with Crippen molar-refractivity contribution in [2.24, 2.45) is 0 Å². The molecule has 0 fully saturated rings. The van der Waals surface area contributed by atoms with E-state index < -0.39 is 11.0 Å².